The van der Waals surface area contributed by atoms with E-state index in [2.05, 4.69) is 34.3 Å². The van der Waals surface area contributed by atoms with E-state index >= 15 is 0 Å². The monoisotopic (exact) mass is 326 g/mol. The minimum Gasteiger partial charge on any atom is -0.372 e. The Labute approximate surface area is 141 Å². The largest absolute Gasteiger partial charge is 0.372 e. The number of aromatic nitrogens is 2. The van der Waals surface area contributed by atoms with Gasteiger partial charge >= 0.3 is 0 Å². The Kier molecular flexibility index (Phi) is 5.05. The van der Waals surface area contributed by atoms with Crippen LogP contribution in [-0.2, 0) is 4.74 Å². The number of hydrogen-bond donors (Lipinski definition) is 1. The van der Waals surface area contributed by atoms with E-state index in [-0.39, 0.29) is 18.1 Å². The molecule has 126 valence electrons. The minimum absolute atomic E-state index is 0.159. The predicted octanol–water partition coefficient (Wildman–Crippen LogP) is 2.73. The van der Waals surface area contributed by atoms with Gasteiger partial charge in [0.05, 0.1) is 12.2 Å². The molecule has 1 N–H and O–H groups in total. The zero-order valence-corrected chi connectivity index (χ0v) is 14.0. The Balaban J connectivity index is 1.67. The standard InChI is InChI=1S/C18H22N4O2/c1-3-15-12-22(11-13(2)24-15)17-10-9-16(20-21-17)18(23)19-14-7-5-4-6-8-14/h4-10,13,15H,3,11-12H2,1-2H3,(H,19,23)/t13-,15-/m0/s1. The van der Waals surface area contributed by atoms with Gasteiger partial charge in [-0.1, -0.05) is 25.1 Å². The number of para-hydroxylation sites is 1. The lowest BCUT2D eigenvalue weighted by molar-refractivity contribution is -0.0175. The Morgan fingerprint density at radius 3 is 2.67 bits per heavy atom. The first-order chi connectivity index (χ1) is 11.7. The average Bonchev–Trinajstić information content (AvgIpc) is 2.62. The second-order valence-electron chi connectivity index (χ2n) is 5.98. The Bertz CT molecular complexity index is 675. The average molecular weight is 326 g/mol. The van der Waals surface area contributed by atoms with Gasteiger partial charge in [0.25, 0.3) is 5.91 Å². The summed E-state index contributed by atoms with van der Waals surface area (Å²) in [5.74, 6) is 0.516. The quantitative estimate of drug-likeness (QED) is 0.936. The van der Waals surface area contributed by atoms with E-state index in [9.17, 15) is 4.79 Å². The molecule has 1 fully saturated rings. The maximum Gasteiger partial charge on any atom is 0.276 e. The van der Waals surface area contributed by atoms with Crippen molar-refractivity contribution in [3.8, 4) is 0 Å². The van der Waals surface area contributed by atoms with Crippen molar-refractivity contribution in [2.45, 2.75) is 32.5 Å². The van der Waals surface area contributed by atoms with Gasteiger partial charge in [0, 0.05) is 18.8 Å². The third-order valence-electron chi connectivity index (χ3n) is 4.02. The molecule has 0 aliphatic carbocycles. The van der Waals surface area contributed by atoms with Crippen molar-refractivity contribution in [3.05, 3.63) is 48.2 Å². The van der Waals surface area contributed by atoms with Crippen molar-refractivity contribution >= 4 is 17.4 Å². The predicted molar refractivity (Wildman–Crippen MR) is 93.3 cm³/mol. The molecule has 1 aliphatic heterocycles. The van der Waals surface area contributed by atoms with E-state index in [0.717, 1.165) is 31.0 Å². The SMILES string of the molecule is CC[C@H]1CN(c2ccc(C(=O)Nc3ccccc3)nn2)C[C@H](C)O1. The fourth-order valence-corrected chi connectivity index (χ4v) is 2.79. The van der Waals surface area contributed by atoms with Crippen LogP contribution in [0.3, 0.4) is 0 Å². The molecule has 1 amide bonds. The molecule has 2 heterocycles. The van der Waals surface area contributed by atoms with Gasteiger partial charge in [-0.25, -0.2) is 0 Å². The second-order valence-corrected chi connectivity index (χ2v) is 5.98. The molecule has 1 aromatic heterocycles. The van der Waals surface area contributed by atoms with Crippen LogP contribution in [-0.4, -0.2) is 41.4 Å². The number of benzene rings is 1. The number of nitrogens with zero attached hydrogens (tertiary/aromatic N) is 3. The highest BCUT2D eigenvalue weighted by Crippen LogP contribution is 2.19. The van der Waals surface area contributed by atoms with Crippen LogP contribution in [0.1, 0.15) is 30.8 Å². The fraction of sp³-hybridized carbons (Fsp3) is 0.389. The molecule has 6 heteroatoms. The molecule has 0 radical (unpaired) electrons. The molecule has 1 aromatic carbocycles. The molecule has 6 nitrogen and oxygen atoms in total. The zero-order valence-electron chi connectivity index (χ0n) is 14.0. The lowest BCUT2D eigenvalue weighted by atomic mass is 10.2. The number of rotatable bonds is 4. The summed E-state index contributed by atoms with van der Waals surface area (Å²) in [7, 11) is 0. The van der Waals surface area contributed by atoms with Crippen LogP contribution in [0.25, 0.3) is 0 Å². The maximum absolute atomic E-state index is 12.2. The van der Waals surface area contributed by atoms with Crippen molar-refractivity contribution in [2.24, 2.45) is 0 Å². The van der Waals surface area contributed by atoms with Crippen LogP contribution in [0.4, 0.5) is 11.5 Å². The number of carbonyl (C=O) groups excluding carboxylic acids is 1. The van der Waals surface area contributed by atoms with E-state index in [1.807, 2.05) is 36.4 Å². The number of ether oxygens (including phenoxy) is 1. The molecular weight excluding hydrogens is 304 g/mol. The lowest BCUT2D eigenvalue weighted by Crippen LogP contribution is -2.46. The van der Waals surface area contributed by atoms with Crippen molar-refractivity contribution in [1.29, 1.82) is 0 Å². The maximum atomic E-state index is 12.2. The van der Waals surface area contributed by atoms with Crippen molar-refractivity contribution < 1.29 is 9.53 Å². The molecule has 2 aromatic rings. The van der Waals surface area contributed by atoms with Gasteiger partial charge in [0.2, 0.25) is 0 Å². The molecule has 0 saturated carbocycles. The summed E-state index contributed by atoms with van der Waals surface area (Å²) in [6, 6.07) is 12.9. The number of anilines is 2. The number of amides is 1. The first-order valence-corrected chi connectivity index (χ1v) is 8.26. The smallest absolute Gasteiger partial charge is 0.276 e. The second kappa shape index (κ2) is 7.40. The van der Waals surface area contributed by atoms with Crippen molar-refractivity contribution in [1.82, 2.24) is 10.2 Å². The van der Waals surface area contributed by atoms with Gasteiger partial charge in [0.15, 0.2) is 11.5 Å². The Morgan fingerprint density at radius 2 is 2.00 bits per heavy atom. The summed E-state index contributed by atoms with van der Waals surface area (Å²) in [5.41, 5.74) is 1.04. The normalized spacial score (nSPS) is 20.7. The van der Waals surface area contributed by atoms with E-state index < -0.39 is 0 Å². The minimum atomic E-state index is -0.262. The topological polar surface area (TPSA) is 67.4 Å². The third-order valence-corrected chi connectivity index (χ3v) is 4.02. The van der Waals surface area contributed by atoms with Crippen LogP contribution >= 0.6 is 0 Å². The van der Waals surface area contributed by atoms with Crippen LogP contribution in [0.2, 0.25) is 0 Å². The summed E-state index contributed by atoms with van der Waals surface area (Å²) >= 11 is 0. The first-order valence-electron chi connectivity index (χ1n) is 8.26. The number of morpholine rings is 1. The van der Waals surface area contributed by atoms with Crippen molar-refractivity contribution in [3.63, 3.8) is 0 Å². The molecule has 1 saturated heterocycles. The molecular formula is C18H22N4O2. The highest BCUT2D eigenvalue weighted by Gasteiger charge is 2.25. The number of hydrogen-bond acceptors (Lipinski definition) is 5. The molecule has 2 atom stereocenters. The zero-order chi connectivity index (χ0) is 16.9. The van der Waals surface area contributed by atoms with E-state index in [1.54, 1.807) is 6.07 Å². The molecule has 0 spiro atoms. The van der Waals surface area contributed by atoms with Gasteiger partial charge in [-0.3, -0.25) is 4.79 Å². The summed E-state index contributed by atoms with van der Waals surface area (Å²) < 4.78 is 5.86. The first kappa shape index (κ1) is 16.4. The molecule has 24 heavy (non-hydrogen) atoms. The number of nitrogens with one attached hydrogen (secondary N) is 1. The van der Waals surface area contributed by atoms with E-state index in [1.165, 1.54) is 0 Å². The molecule has 0 bridgehead atoms. The lowest BCUT2D eigenvalue weighted by Gasteiger charge is -2.36. The van der Waals surface area contributed by atoms with Gasteiger partial charge in [-0.05, 0) is 37.6 Å². The molecule has 0 unspecified atom stereocenters. The summed E-state index contributed by atoms with van der Waals surface area (Å²) in [4.78, 5) is 14.4. The van der Waals surface area contributed by atoms with Gasteiger partial charge in [-0.2, -0.15) is 0 Å². The van der Waals surface area contributed by atoms with Crippen LogP contribution < -0.4 is 10.2 Å². The fourth-order valence-electron chi connectivity index (χ4n) is 2.79. The Morgan fingerprint density at radius 1 is 1.21 bits per heavy atom. The van der Waals surface area contributed by atoms with Crippen LogP contribution in [0.5, 0.6) is 0 Å². The molecule has 1 aliphatic rings. The summed E-state index contributed by atoms with van der Waals surface area (Å²) in [6.45, 7) is 5.75. The van der Waals surface area contributed by atoms with Crippen LogP contribution in [0, 0.1) is 0 Å². The van der Waals surface area contributed by atoms with E-state index in [4.69, 9.17) is 4.74 Å². The third kappa shape index (κ3) is 3.89. The highest BCUT2D eigenvalue weighted by atomic mass is 16.5. The van der Waals surface area contributed by atoms with Gasteiger partial charge in [0.1, 0.15) is 0 Å². The van der Waals surface area contributed by atoms with Gasteiger partial charge in [-0.15, -0.1) is 10.2 Å². The van der Waals surface area contributed by atoms with Crippen molar-refractivity contribution in [2.75, 3.05) is 23.3 Å². The van der Waals surface area contributed by atoms with Gasteiger partial charge < -0.3 is 15.0 Å². The highest BCUT2D eigenvalue weighted by molar-refractivity contribution is 6.02. The van der Waals surface area contributed by atoms with Crippen LogP contribution in [0.15, 0.2) is 42.5 Å². The number of carbonyl (C=O) groups is 1. The van der Waals surface area contributed by atoms with E-state index in [0.29, 0.717) is 5.69 Å². The Hall–Kier alpha value is -2.47. The summed E-state index contributed by atoms with van der Waals surface area (Å²) in [6.07, 6.45) is 1.33. The summed E-state index contributed by atoms with van der Waals surface area (Å²) in [5, 5.41) is 11.1. The molecule has 3 rings (SSSR count).